The molecule has 0 radical (unpaired) electrons. The maximum Gasteiger partial charge on any atom is 0.338 e. The third kappa shape index (κ3) is 2.51. The molecule has 6 nitrogen and oxygen atoms in total. The van der Waals surface area contributed by atoms with E-state index in [0.717, 1.165) is 16.1 Å². The molecule has 114 valence electrons. The Morgan fingerprint density at radius 3 is 2.96 bits per heavy atom. The minimum absolute atomic E-state index is 0.266. The highest BCUT2D eigenvalue weighted by Gasteiger charge is 2.22. The van der Waals surface area contributed by atoms with Crippen molar-refractivity contribution < 1.29 is 14.3 Å². The number of aromatic nitrogens is 1. The summed E-state index contributed by atoms with van der Waals surface area (Å²) in [5, 5.41) is 8.24. The van der Waals surface area contributed by atoms with Crippen molar-refractivity contribution in [1.82, 2.24) is 15.6 Å². The van der Waals surface area contributed by atoms with Crippen LogP contribution in [0.3, 0.4) is 0 Å². The van der Waals surface area contributed by atoms with E-state index >= 15 is 0 Å². The molecular formula is C15H9N3O3S2. The second-order valence-corrected chi connectivity index (χ2v) is 6.26. The smallest absolute Gasteiger partial charge is 0.338 e. The molecule has 2 aromatic rings. The van der Waals surface area contributed by atoms with E-state index in [4.69, 9.17) is 17.0 Å². The molecule has 8 heteroatoms. The number of carbonyl (C=O) groups is 2. The molecule has 2 N–H and O–H groups in total. The molecule has 3 heterocycles. The number of thiocarbonyl (C=S) groups is 1. The average Bonchev–Trinajstić information content (AvgIpc) is 3.21. The van der Waals surface area contributed by atoms with Crippen molar-refractivity contribution in [2.45, 2.75) is 6.61 Å². The molecule has 1 aromatic heterocycles. The predicted molar refractivity (Wildman–Crippen MR) is 88.5 cm³/mol. The highest BCUT2D eigenvalue weighted by molar-refractivity contribution is 7.80. The van der Waals surface area contributed by atoms with Crippen LogP contribution in [-0.2, 0) is 16.1 Å². The minimum Gasteiger partial charge on any atom is -0.457 e. The number of cyclic esters (lactones) is 1. The van der Waals surface area contributed by atoms with Gasteiger partial charge in [0.25, 0.3) is 5.91 Å². The number of carbonyl (C=O) groups excluding carboxylic acids is 2. The summed E-state index contributed by atoms with van der Waals surface area (Å²) in [6.45, 7) is 0.297. The molecule has 0 unspecified atom stereocenters. The SMILES string of the molecule is O=C1NC(=S)N/C1=C\c1csc(-c2ccc3c(c2)COC3=O)n1. The number of hydrogen-bond donors (Lipinski definition) is 2. The number of thiazole rings is 1. The molecule has 23 heavy (non-hydrogen) atoms. The van der Waals surface area contributed by atoms with Crippen LogP contribution in [0.1, 0.15) is 21.6 Å². The van der Waals surface area contributed by atoms with Gasteiger partial charge in [0.15, 0.2) is 5.11 Å². The monoisotopic (exact) mass is 343 g/mol. The van der Waals surface area contributed by atoms with Crippen molar-refractivity contribution in [2.24, 2.45) is 0 Å². The zero-order valence-corrected chi connectivity index (χ0v) is 13.2. The third-order valence-electron chi connectivity index (χ3n) is 3.46. The molecule has 1 fully saturated rings. The van der Waals surface area contributed by atoms with Crippen molar-refractivity contribution in [3.05, 3.63) is 46.1 Å². The number of nitrogens with zero attached hydrogens (tertiary/aromatic N) is 1. The van der Waals surface area contributed by atoms with Crippen molar-refractivity contribution in [3.63, 3.8) is 0 Å². The van der Waals surface area contributed by atoms with Crippen LogP contribution in [0.2, 0.25) is 0 Å². The zero-order valence-electron chi connectivity index (χ0n) is 11.6. The lowest BCUT2D eigenvalue weighted by atomic mass is 10.1. The minimum atomic E-state index is -0.287. The molecule has 1 amide bonds. The van der Waals surface area contributed by atoms with E-state index < -0.39 is 0 Å². The predicted octanol–water partition coefficient (Wildman–Crippen LogP) is 1.83. The zero-order chi connectivity index (χ0) is 16.0. The maximum atomic E-state index is 11.6. The van der Waals surface area contributed by atoms with Gasteiger partial charge in [0.05, 0.1) is 11.3 Å². The van der Waals surface area contributed by atoms with Gasteiger partial charge < -0.3 is 10.1 Å². The van der Waals surface area contributed by atoms with Crippen LogP contribution in [0, 0.1) is 0 Å². The van der Waals surface area contributed by atoms with E-state index in [2.05, 4.69) is 15.6 Å². The van der Waals surface area contributed by atoms with Gasteiger partial charge in [0.1, 0.15) is 17.3 Å². The fraction of sp³-hybridized carbons (Fsp3) is 0.0667. The first-order chi connectivity index (χ1) is 11.1. The van der Waals surface area contributed by atoms with E-state index in [-0.39, 0.29) is 11.9 Å². The Bertz CT molecular complexity index is 901. The Hall–Kier alpha value is -2.58. The number of fused-ring (bicyclic) bond motifs is 1. The summed E-state index contributed by atoms with van der Waals surface area (Å²) in [4.78, 5) is 27.6. The van der Waals surface area contributed by atoms with E-state index in [1.54, 1.807) is 12.1 Å². The summed E-state index contributed by atoms with van der Waals surface area (Å²) >= 11 is 6.35. The fourth-order valence-electron chi connectivity index (χ4n) is 2.38. The first kappa shape index (κ1) is 14.0. The first-order valence-electron chi connectivity index (χ1n) is 6.70. The standard InChI is InChI=1S/C15H9N3O3S2/c19-12-11(17-15(22)18-12)4-9-6-23-13(16-9)7-1-2-10-8(3-7)5-21-14(10)20/h1-4,6H,5H2,(H2,17,18,19,22)/b11-4-. The molecule has 0 atom stereocenters. The van der Waals surface area contributed by atoms with Gasteiger partial charge in [-0.25, -0.2) is 9.78 Å². The number of amides is 1. The number of benzene rings is 1. The summed E-state index contributed by atoms with van der Waals surface area (Å²) in [5.41, 5.74) is 3.42. The maximum absolute atomic E-state index is 11.6. The highest BCUT2D eigenvalue weighted by Crippen LogP contribution is 2.29. The van der Waals surface area contributed by atoms with Crippen LogP contribution in [0.15, 0.2) is 29.3 Å². The molecule has 2 aliphatic rings. The second kappa shape index (κ2) is 5.25. The molecule has 0 spiro atoms. The van der Waals surface area contributed by atoms with Crippen LogP contribution < -0.4 is 10.6 Å². The third-order valence-corrected chi connectivity index (χ3v) is 4.58. The quantitative estimate of drug-likeness (QED) is 0.492. The molecule has 0 saturated carbocycles. The summed E-state index contributed by atoms with van der Waals surface area (Å²) in [7, 11) is 0. The van der Waals surface area contributed by atoms with Crippen molar-refractivity contribution in [3.8, 4) is 10.6 Å². The van der Waals surface area contributed by atoms with Gasteiger partial charge in [0, 0.05) is 16.5 Å². The lowest BCUT2D eigenvalue weighted by Crippen LogP contribution is -2.21. The Balaban J connectivity index is 1.64. The number of nitrogens with one attached hydrogen (secondary N) is 2. The lowest BCUT2D eigenvalue weighted by Gasteiger charge is -1.98. The largest absolute Gasteiger partial charge is 0.457 e. The van der Waals surface area contributed by atoms with Crippen molar-refractivity contribution >= 4 is 46.6 Å². The van der Waals surface area contributed by atoms with Crippen LogP contribution >= 0.6 is 23.6 Å². The Morgan fingerprint density at radius 1 is 1.30 bits per heavy atom. The molecule has 0 bridgehead atoms. The first-order valence-corrected chi connectivity index (χ1v) is 7.99. The topological polar surface area (TPSA) is 80.3 Å². The number of hydrogen-bond acceptors (Lipinski definition) is 6. The molecule has 4 rings (SSSR count). The van der Waals surface area contributed by atoms with E-state index in [9.17, 15) is 9.59 Å². The number of ether oxygens (including phenoxy) is 1. The van der Waals surface area contributed by atoms with Crippen molar-refractivity contribution in [1.29, 1.82) is 0 Å². The molecule has 0 aliphatic carbocycles. The summed E-state index contributed by atoms with van der Waals surface area (Å²) in [5.74, 6) is -0.553. The Labute approximate surface area is 140 Å². The van der Waals surface area contributed by atoms with Gasteiger partial charge >= 0.3 is 5.97 Å². The number of rotatable bonds is 2. The molecule has 1 aromatic carbocycles. The summed E-state index contributed by atoms with van der Waals surface area (Å²) in [6, 6.07) is 5.51. The number of esters is 1. The van der Waals surface area contributed by atoms with E-state index in [1.165, 1.54) is 11.3 Å². The summed E-state index contributed by atoms with van der Waals surface area (Å²) in [6.07, 6.45) is 1.65. The molecule has 1 saturated heterocycles. The van der Waals surface area contributed by atoms with Crippen LogP contribution in [0.4, 0.5) is 0 Å². The Morgan fingerprint density at radius 2 is 2.17 bits per heavy atom. The van der Waals surface area contributed by atoms with Gasteiger partial charge in [-0.3, -0.25) is 10.1 Å². The van der Waals surface area contributed by atoms with Gasteiger partial charge in [-0.2, -0.15) is 0 Å². The second-order valence-electron chi connectivity index (χ2n) is 4.99. The van der Waals surface area contributed by atoms with Crippen LogP contribution in [0.5, 0.6) is 0 Å². The fourth-order valence-corrected chi connectivity index (χ4v) is 3.36. The van der Waals surface area contributed by atoms with Crippen molar-refractivity contribution in [2.75, 3.05) is 0 Å². The van der Waals surface area contributed by atoms with E-state index in [0.29, 0.717) is 28.7 Å². The van der Waals surface area contributed by atoms with Crippen LogP contribution in [0.25, 0.3) is 16.6 Å². The van der Waals surface area contributed by atoms with Gasteiger partial charge in [-0.15, -0.1) is 11.3 Å². The van der Waals surface area contributed by atoms with E-state index in [1.807, 2.05) is 17.5 Å². The molecular weight excluding hydrogens is 334 g/mol. The van der Waals surface area contributed by atoms with Crippen LogP contribution in [-0.4, -0.2) is 22.0 Å². The average molecular weight is 343 g/mol. The summed E-state index contributed by atoms with van der Waals surface area (Å²) < 4.78 is 5.00. The van der Waals surface area contributed by atoms with Gasteiger partial charge in [-0.1, -0.05) is 6.07 Å². The lowest BCUT2D eigenvalue weighted by molar-refractivity contribution is -0.115. The van der Waals surface area contributed by atoms with Gasteiger partial charge in [0.2, 0.25) is 0 Å². The molecule has 2 aliphatic heterocycles. The van der Waals surface area contributed by atoms with Gasteiger partial charge in [-0.05, 0) is 30.4 Å². The highest BCUT2D eigenvalue weighted by atomic mass is 32.1. The normalized spacial score (nSPS) is 17.9. The Kier molecular flexibility index (Phi) is 3.21.